The monoisotopic (exact) mass is 155 g/mol. The molecule has 0 aromatic heterocycles. The van der Waals surface area contributed by atoms with Crippen LogP contribution in [0.3, 0.4) is 0 Å². The van der Waals surface area contributed by atoms with Gasteiger partial charge in [0.25, 0.3) is 0 Å². The molecule has 0 saturated carbocycles. The minimum Gasteiger partial charge on any atom is -0.0628 e. The third-order valence-electron chi connectivity index (χ3n) is 2.03. The van der Waals surface area contributed by atoms with E-state index in [-0.39, 0.29) is 0 Å². The van der Waals surface area contributed by atoms with E-state index >= 15 is 0 Å². The second kappa shape index (κ2) is 8.10. The van der Waals surface area contributed by atoms with Crippen LogP contribution in [0.2, 0.25) is 0 Å². The summed E-state index contributed by atoms with van der Waals surface area (Å²) in [7, 11) is 0. The molecule has 0 aliphatic heterocycles. The zero-order valence-electron chi connectivity index (χ0n) is 8.23. The first-order chi connectivity index (χ1) is 5.27. The molecule has 0 N–H and O–H groups in total. The highest BCUT2D eigenvalue weighted by Gasteiger charge is 1.93. The Labute approximate surface area is 72.4 Å². The van der Waals surface area contributed by atoms with E-state index in [2.05, 4.69) is 20.8 Å². The van der Waals surface area contributed by atoms with Crippen molar-refractivity contribution in [1.29, 1.82) is 0 Å². The molecule has 1 radical (unpaired) electrons. The van der Waals surface area contributed by atoms with Gasteiger partial charge < -0.3 is 0 Å². The van der Waals surface area contributed by atoms with Gasteiger partial charge in [0, 0.05) is 0 Å². The number of unbranched alkanes of at least 4 members (excludes halogenated alkanes) is 5. The fourth-order valence-electron chi connectivity index (χ4n) is 1.26. The van der Waals surface area contributed by atoms with Gasteiger partial charge in [-0.2, -0.15) is 0 Å². The van der Waals surface area contributed by atoms with Crippen molar-refractivity contribution in [3.63, 3.8) is 0 Å². The molecule has 67 valence electrons. The molecule has 0 heteroatoms. The Balaban J connectivity index is 2.80. The third-order valence-corrected chi connectivity index (χ3v) is 2.03. The van der Waals surface area contributed by atoms with Gasteiger partial charge in [0.1, 0.15) is 0 Å². The topological polar surface area (TPSA) is 0 Å². The van der Waals surface area contributed by atoms with Gasteiger partial charge in [-0.05, 0) is 5.92 Å². The van der Waals surface area contributed by atoms with Crippen LogP contribution < -0.4 is 0 Å². The molecule has 0 aliphatic rings. The van der Waals surface area contributed by atoms with E-state index in [9.17, 15) is 0 Å². The van der Waals surface area contributed by atoms with Gasteiger partial charge in [-0.15, -0.1) is 0 Å². The Hall–Kier alpha value is 0. The highest BCUT2D eigenvalue weighted by atomic mass is 14.0. The second-order valence-electron chi connectivity index (χ2n) is 3.80. The van der Waals surface area contributed by atoms with Crippen molar-refractivity contribution in [2.75, 3.05) is 0 Å². The Morgan fingerprint density at radius 1 is 0.909 bits per heavy atom. The fraction of sp³-hybridized carbons (Fsp3) is 0.909. The molecular formula is C11H23. The van der Waals surface area contributed by atoms with Crippen LogP contribution >= 0.6 is 0 Å². The zero-order valence-corrected chi connectivity index (χ0v) is 8.23. The van der Waals surface area contributed by atoms with Crippen LogP contribution in [0, 0.1) is 12.8 Å². The molecule has 0 rings (SSSR count). The van der Waals surface area contributed by atoms with Crippen LogP contribution in [0.5, 0.6) is 0 Å². The van der Waals surface area contributed by atoms with Crippen LogP contribution in [-0.2, 0) is 0 Å². The summed E-state index contributed by atoms with van der Waals surface area (Å²) in [6.45, 7) is 8.43. The first kappa shape index (κ1) is 11.0. The maximum atomic E-state index is 3.83. The van der Waals surface area contributed by atoms with Gasteiger partial charge in [-0.25, -0.2) is 0 Å². The first-order valence-corrected chi connectivity index (χ1v) is 5.06. The molecule has 0 atom stereocenters. The normalized spacial score (nSPS) is 10.9. The fourth-order valence-corrected chi connectivity index (χ4v) is 1.26. The van der Waals surface area contributed by atoms with Gasteiger partial charge in [-0.3, -0.25) is 0 Å². The van der Waals surface area contributed by atoms with Gasteiger partial charge in [0.15, 0.2) is 0 Å². The third kappa shape index (κ3) is 10.0. The molecule has 0 heterocycles. The Morgan fingerprint density at radius 3 is 2.00 bits per heavy atom. The standard InChI is InChI=1S/C11H23/c1-4-5-6-7-8-9-10-11(2)3/h11H,1,4-10H2,2-3H3. The molecule has 0 saturated heterocycles. The summed E-state index contributed by atoms with van der Waals surface area (Å²) in [5.41, 5.74) is 0. The zero-order chi connectivity index (χ0) is 8.53. The maximum absolute atomic E-state index is 3.83. The first-order valence-electron chi connectivity index (χ1n) is 5.06. The molecule has 0 aliphatic carbocycles. The minimum absolute atomic E-state index is 0.892. The molecule has 0 bridgehead atoms. The average molecular weight is 155 g/mol. The van der Waals surface area contributed by atoms with E-state index in [0.29, 0.717) is 0 Å². The van der Waals surface area contributed by atoms with Crippen molar-refractivity contribution < 1.29 is 0 Å². The molecule has 0 unspecified atom stereocenters. The maximum Gasteiger partial charge on any atom is -0.0471 e. The predicted molar refractivity (Wildman–Crippen MR) is 52.5 cm³/mol. The molecule has 0 spiro atoms. The van der Waals surface area contributed by atoms with Gasteiger partial charge in [0.2, 0.25) is 0 Å². The molecule has 0 nitrogen and oxygen atoms in total. The summed E-state index contributed by atoms with van der Waals surface area (Å²) >= 11 is 0. The number of rotatable bonds is 7. The minimum atomic E-state index is 0.892. The van der Waals surface area contributed by atoms with E-state index < -0.39 is 0 Å². The SMILES string of the molecule is [CH2]CCCCCCCC(C)C. The van der Waals surface area contributed by atoms with E-state index in [1.165, 1.54) is 38.5 Å². The Kier molecular flexibility index (Phi) is 8.10. The molecule has 11 heavy (non-hydrogen) atoms. The van der Waals surface area contributed by atoms with Crippen LogP contribution in [0.1, 0.15) is 58.8 Å². The number of hydrogen-bond donors (Lipinski definition) is 0. The summed E-state index contributed by atoms with van der Waals surface area (Å²) in [5.74, 6) is 0.892. The second-order valence-corrected chi connectivity index (χ2v) is 3.80. The van der Waals surface area contributed by atoms with Crippen molar-refractivity contribution in [3.05, 3.63) is 6.92 Å². The van der Waals surface area contributed by atoms with Crippen LogP contribution in [0.4, 0.5) is 0 Å². The quantitative estimate of drug-likeness (QED) is 0.483. The largest absolute Gasteiger partial charge is 0.0628 e. The number of hydrogen-bond acceptors (Lipinski definition) is 0. The van der Waals surface area contributed by atoms with Gasteiger partial charge in [-0.1, -0.05) is 65.7 Å². The molecule has 0 aromatic rings. The highest BCUT2D eigenvalue weighted by Crippen LogP contribution is 2.10. The summed E-state index contributed by atoms with van der Waals surface area (Å²) in [6, 6.07) is 0. The van der Waals surface area contributed by atoms with Crippen LogP contribution in [0.15, 0.2) is 0 Å². The van der Waals surface area contributed by atoms with Gasteiger partial charge in [0.05, 0.1) is 0 Å². The molecular weight excluding hydrogens is 132 g/mol. The Morgan fingerprint density at radius 2 is 1.45 bits per heavy atom. The van der Waals surface area contributed by atoms with E-state index in [1.54, 1.807) is 0 Å². The van der Waals surface area contributed by atoms with Gasteiger partial charge >= 0.3 is 0 Å². The lowest BCUT2D eigenvalue weighted by atomic mass is 10.0. The average Bonchev–Trinajstić information content (AvgIpc) is 1.96. The lowest BCUT2D eigenvalue weighted by Crippen LogP contribution is -1.86. The summed E-state index contributed by atoms with van der Waals surface area (Å²) in [6.07, 6.45) is 9.51. The van der Waals surface area contributed by atoms with Crippen molar-refractivity contribution in [1.82, 2.24) is 0 Å². The van der Waals surface area contributed by atoms with Crippen molar-refractivity contribution in [2.45, 2.75) is 58.8 Å². The van der Waals surface area contributed by atoms with Crippen LogP contribution in [-0.4, -0.2) is 0 Å². The predicted octanol–water partition coefficient (Wildman–Crippen LogP) is 4.21. The van der Waals surface area contributed by atoms with Crippen LogP contribution in [0.25, 0.3) is 0 Å². The van der Waals surface area contributed by atoms with E-state index in [4.69, 9.17) is 0 Å². The van der Waals surface area contributed by atoms with E-state index in [1.807, 2.05) is 0 Å². The smallest absolute Gasteiger partial charge is 0.0471 e. The molecule has 0 aromatic carbocycles. The molecule has 0 amide bonds. The Bertz CT molecular complexity index is 64.4. The van der Waals surface area contributed by atoms with Crippen molar-refractivity contribution in [2.24, 2.45) is 5.92 Å². The summed E-state index contributed by atoms with van der Waals surface area (Å²) in [5, 5.41) is 0. The summed E-state index contributed by atoms with van der Waals surface area (Å²) < 4.78 is 0. The highest BCUT2D eigenvalue weighted by molar-refractivity contribution is 4.49. The lowest BCUT2D eigenvalue weighted by Gasteiger charge is -2.03. The lowest BCUT2D eigenvalue weighted by molar-refractivity contribution is 0.516. The summed E-state index contributed by atoms with van der Waals surface area (Å²) in [4.78, 5) is 0. The van der Waals surface area contributed by atoms with Crippen molar-refractivity contribution in [3.8, 4) is 0 Å². The molecule has 0 fully saturated rings. The van der Waals surface area contributed by atoms with E-state index in [0.717, 1.165) is 12.3 Å². The van der Waals surface area contributed by atoms with Crippen molar-refractivity contribution >= 4 is 0 Å².